The molecular formula is C22H34N5O9P. The van der Waals surface area contributed by atoms with E-state index in [1.165, 1.54) is 23.3 Å². The van der Waals surface area contributed by atoms with Crippen LogP contribution >= 0.6 is 7.82 Å². The van der Waals surface area contributed by atoms with E-state index in [2.05, 4.69) is 10.1 Å². The van der Waals surface area contributed by atoms with Crippen LogP contribution in [0.1, 0.15) is 37.8 Å². The highest BCUT2D eigenvalue weighted by Gasteiger charge is 2.56. The Morgan fingerprint density at radius 1 is 1.27 bits per heavy atom. The number of fused-ring (bicyclic) bond motifs is 1. The Kier molecular flexibility index (Phi) is 8.94. The van der Waals surface area contributed by atoms with Crippen molar-refractivity contribution < 1.29 is 43.3 Å². The monoisotopic (exact) mass is 543 g/mol. The van der Waals surface area contributed by atoms with Crippen molar-refractivity contribution in [1.29, 1.82) is 5.41 Å². The Balaban J connectivity index is 1.35. The summed E-state index contributed by atoms with van der Waals surface area (Å²) in [4.78, 5) is 14.0. The van der Waals surface area contributed by atoms with Crippen molar-refractivity contribution in [3.8, 4) is 0 Å². The van der Waals surface area contributed by atoms with Crippen LogP contribution < -0.4 is 5.73 Å². The zero-order valence-electron chi connectivity index (χ0n) is 20.3. The van der Waals surface area contributed by atoms with E-state index >= 15 is 0 Å². The molecule has 3 unspecified atom stereocenters. The molecule has 3 heterocycles. The van der Waals surface area contributed by atoms with Crippen molar-refractivity contribution in [2.24, 2.45) is 5.92 Å². The molecule has 4 rings (SSSR count). The molecule has 15 heteroatoms. The average molecular weight is 544 g/mol. The van der Waals surface area contributed by atoms with Gasteiger partial charge in [0.1, 0.15) is 36.3 Å². The number of aliphatic hydroxyl groups is 3. The maximum absolute atomic E-state index is 12.5. The number of hydrogen-bond donors (Lipinski definition) is 6. The molecule has 0 aromatic carbocycles. The van der Waals surface area contributed by atoms with Crippen LogP contribution in [0.3, 0.4) is 0 Å². The summed E-state index contributed by atoms with van der Waals surface area (Å²) in [5, 5.41) is 43.0. The summed E-state index contributed by atoms with van der Waals surface area (Å²) in [6.07, 6.45) is 2.29. The zero-order valence-corrected chi connectivity index (χ0v) is 21.2. The van der Waals surface area contributed by atoms with E-state index in [0.717, 1.165) is 31.9 Å². The van der Waals surface area contributed by atoms with Crippen molar-refractivity contribution in [3.63, 3.8) is 0 Å². The second-order valence-electron chi connectivity index (χ2n) is 9.39. The molecular weight excluding hydrogens is 509 g/mol. The molecule has 6 atom stereocenters. The van der Waals surface area contributed by atoms with Crippen LogP contribution in [-0.4, -0.2) is 91.9 Å². The first-order valence-electron chi connectivity index (χ1n) is 12.2. The van der Waals surface area contributed by atoms with Gasteiger partial charge in [-0.25, -0.2) is 14.1 Å². The zero-order chi connectivity index (χ0) is 26.6. The molecule has 1 saturated heterocycles. The Morgan fingerprint density at radius 3 is 2.73 bits per heavy atom. The summed E-state index contributed by atoms with van der Waals surface area (Å²) in [5.41, 5.74) is 4.62. The number of nitrogens with one attached hydrogen (secondary N) is 1. The number of hydrogen-bond acceptors (Lipinski definition) is 12. The summed E-state index contributed by atoms with van der Waals surface area (Å²) in [6, 6.07) is 3.10. The molecule has 7 N–H and O–H groups in total. The number of rotatable bonds is 12. The molecule has 2 aromatic heterocycles. The maximum Gasteiger partial charge on any atom is 0.472 e. The van der Waals surface area contributed by atoms with Gasteiger partial charge in [-0.3, -0.25) is 9.05 Å². The first kappa shape index (κ1) is 28.0. The Hall–Kier alpha value is -2.00. The molecule has 2 aromatic rings. The molecule has 206 valence electrons. The highest BCUT2D eigenvalue weighted by molar-refractivity contribution is 7.47. The van der Waals surface area contributed by atoms with E-state index in [-0.39, 0.29) is 18.1 Å². The van der Waals surface area contributed by atoms with Crippen molar-refractivity contribution >= 4 is 25.4 Å². The molecule has 0 spiro atoms. The molecule has 2 fully saturated rings. The lowest BCUT2D eigenvalue weighted by Crippen LogP contribution is -2.43. The van der Waals surface area contributed by atoms with Crippen molar-refractivity contribution in [2.45, 2.75) is 62.1 Å². The third kappa shape index (κ3) is 6.03. The van der Waals surface area contributed by atoms with Gasteiger partial charge in [-0.2, -0.15) is 5.10 Å². The minimum Gasteiger partial charge on any atom is -0.394 e. The molecule has 37 heavy (non-hydrogen) atoms. The largest absolute Gasteiger partial charge is 0.472 e. The Labute approximate surface area is 213 Å². The minimum atomic E-state index is -4.63. The summed E-state index contributed by atoms with van der Waals surface area (Å²) in [7, 11) is -4.63. The summed E-state index contributed by atoms with van der Waals surface area (Å²) < 4.78 is 35.3. The predicted octanol–water partition coefficient (Wildman–Crippen LogP) is 0.368. The molecule has 1 aliphatic carbocycles. The normalized spacial score (nSPS) is 29.4. The third-order valence-corrected chi connectivity index (χ3v) is 7.86. The van der Waals surface area contributed by atoms with Gasteiger partial charge in [0.05, 0.1) is 25.5 Å². The maximum atomic E-state index is 12.5. The van der Waals surface area contributed by atoms with Crippen molar-refractivity contribution in [1.82, 2.24) is 14.6 Å². The quantitative estimate of drug-likeness (QED) is 0.158. The standard InChI is InChI=1S/C22H34N5O9P/c23-12-22(18-7-6-16-21(24)25-13-26-27(16)18)20(30)19(29)17(36-22)11-35-37(31,32)34-10-15(8-28)33-9-14-4-2-1-3-5-14/h6-7,12-15,17,19-20,23,28-30H,1-5,8-11H2,(H,31,32)(H2,24,25,26)/t15-,17-,19?,20?,22+/m1/s1. The minimum absolute atomic E-state index is 0.163. The highest BCUT2D eigenvalue weighted by atomic mass is 31.2. The number of aromatic nitrogens is 3. The first-order chi connectivity index (χ1) is 17.7. The average Bonchev–Trinajstić information content (AvgIpc) is 3.44. The van der Waals surface area contributed by atoms with E-state index < -0.39 is 51.1 Å². The molecule has 0 radical (unpaired) electrons. The van der Waals surface area contributed by atoms with Crippen LogP contribution in [-0.2, 0) is 28.7 Å². The number of nitrogens with zero attached hydrogens (tertiary/aromatic N) is 3. The number of phosphoric acid groups is 1. The van der Waals surface area contributed by atoms with Gasteiger partial charge in [0.2, 0.25) is 0 Å². The van der Waals surface area contributed by atoms with Gasteiger partial charge >= 0.3 is 7.82 Å². The number of phosphoric ester groups is 1. The molecule has 1 saturated carbocycles. The summed E-state index contributed by atoms with van der Waals surface area (Å²) in [6.45, 7) is -0.976. The second kappa shape index (κ2) is 11.8. The fraction of sp³-hybridized carbons (Fsp3) is 0.682. The van der Waals surface area contributed by atoms with Crippen LogP contribution in [0.2, 0.25) is 0 Å². The van der Waals surface area contributed by atoms with Gasteiger partial charge in [-0.1, -0.05) is 19.3 Å². The fourth-order valence-electron chi connectivity index (χ4n) is 4.80. The van der Waals surface area contributed by atoms with E-state index in [9.17, 15) is 24.8 Å². The SMILES string of the molecule is N=C[C@@]1(c2ccc3c(N)ncnn23)O[C@H](COP(=O)(O)OC[C@@H](CO)OCC2CCCCC2)C(O)C1O. The van der Waals surface area contributed by atoms with Gasteiger partial charge in [0.25, 0.3) is 0 Å². The first-order valence-corrected chi connectivity index (χ1v) is 13.7. The lowest BCUT2D eigenvalue weighted by atomic mass is 9.90. The van der Waals surface area contributed by atoms with Gasteiger partial charge in [-0.15, -0.1) is 0 Å². The lowest BCUT2D eigenvalue weighted by molar-refractivity contribution is -0.0593. The van der Waals surface area contributed by atoms with Crippen LogP contribution in [0.4, 0.5) is 5.82 Å². The number of ether oxygens (including phenoxy) is 2. The van der Waals surface area contributed by atoms with Gasteiger partial charge in [0, 0.05) is 12.8 Å². The number of nitrogen functional groups attached to an aromatic ring is 1. The van der Waals surface area contributed by atoms with Crippen molar-refractivity contribution in [2.75, 3.05) is 32.2 Å². The van der Waals surface area contributed by atoms with Gasteiger partial charge in [0.15, 0.2) is 11.4 Å². The van der Waals surface area contributed by atoms with Crippen LogP contribution in [0.5, 0.6) is 0 Å². The predicted molar refractivity (Wildman–Crippen MR) is 130 cm³/mol. The van der Waals surface area contributed by atoms with Crippen LogP contribution in [0, 0.1) is 11.3 Å². The number of nitrogens with two attached hydrogens (primary N) is 1. The topological polar surface area (TPSA) is 215 Å². The highest BCUT2D eigenvalue weighted by Crippen LogP contribution is 2.46. The van der Waals surface area contributed by atoms with E-state index in [4.69, 9.17) is 29.7 Å². The van der Waals surface area contributed by atoms with Gasteiger partial charge < -0.3 is 40.8 Å². The number of anilines is 1. The van der Waals surface area contributed by atoms with Crippen LogP contribution in [0.25, 0.3) is 5.52 Å². The third-order valence-electron chi connectivity index (χ3n) is 6.91. The Bertz CT molecular complexity index is 1110. The molecule has 1 aliphatic heterocycles. The summed E-state index contributed by atoms with van der Waals surface area (Å²) in [5.74, 6) is 0.554. The molecule has 14 nitrogen and oxygen atoms in total. The van der Waals surface area contributed by atoms with Crippen LogP contribution in [0.15, 0.2) is 18.5 Å². The smallest absolute Gasteiger partial charge is 0.394 e. The second-order valence-corrected chi connectivity index (χ2v) is 10.8. The molecule has 0 amide bonds. The summed E-state index contributed by atoms with van der Waals surface area (Å²) >= 11 is 0. The molecule has 2 aliphatic rings. The van der Waals surface area contributed by atoms with E-state index in [0.29, 0.717) is 18.0 Å². The fourth-order valence-corrected chi connectivity index (χ4v) is 5.56. The van der Waals surface area contributed by atoms with E-state index in [1.807, 2.05) is 0 Å². The van der Waals surface area contributed by atoms with E-state index in [1.54, 1.807) is 6.07 Å². The van der Waals surface area contributed by atoms with Crippen molar-refractivity contribution in [3.05, 3.63) is 24.2 Å². The lowest BCUT2D eigenvalue weighted by Gasteiger charge is -2.27. The Morgan fingerprint density at radius 2 is 2.03 bits per heavy atom. The number of aliphatic hydroxyl groups excluding tert-OH is 3. The van der Waals surface area contributed by atoms with Gasteiger partial charge in [-0.05, 0) is 30.9 Å². The molecule has 0 bridgehead atoms.